The van der Waals surface area contributed by atoms with Gasteiger partial charge in [-0.15, -0.1) is 12.4 Å². The van der Waals surface area contributed by atoms with Crippen LogP contribution in [0.5, 0.6) is 5.75 Å². The molecule has 0 bridgehead atoms. The van der Waals surface area contributed by atoms with E-state index in [0.717, 1.165) is 41.2 Å². The smallest absolute Gasteiger partial charge is 0.266 e. The van der Waals surface area contributed by atoms with Crippen molar-refractivity contribution in [2.24, 2.45) is 0 Å². The number of amides is 1. The van der Waals surface area contributed by atoms with Gasteiger partial charge in [-0.3, -0.25) is 9.69 Å². The minimum Gasteiger partial charge on any atom is -0.483 e. The number of aryl methyl sites for hydroxylation is 1. The number of likely N-dealkylation sites (N-methyl/N-ethyl adjacent to an activating group) is 1. The summed E-state index contributed by atoms with van der Waals surface area (Å²) < 4.78 is 6.77. The Labute approximate surface area is 193 Å². The first-order chi connectivity index (χ1) is 14.0. The normalized spacial score (nSPS) is 10.8. The zero-order valence-electron chi connectivity index (χ0n) is 17.4. The largest absolute Gasteiger partial charge is 0.483 e. The molecule has 1 amide bonds. The maximum Gasteiger partial charge on any atom is 0.266 e. The van der Waals surface area contributed by atoms with Gasteiger partial charge >= 0.3 is 0 Å². The molecule has 0 aliphatic carbocycles. The van der Waals surface area contributed by atoms with Crippen LogP contribution in [0, 0.1) is 6.92 Å². The lowest BCUT2D eigenvalue weighted by Gasteiger charge is -2.24. The summed E-state index contributed by atoms with van der Waals surface area (Å²) in [6, 6.07) is 13.3. The van der Waals surface area contributed by atoms with Gasteiger partial charge in [0, 0.05) is 18.1 Å². The van der Waals surface area contributed by atoms with E-state index in [0.29, 0.717) is 16.7 Å². The maximum atomic E-state index is 13.1. The second kappa shape index (κ2) is 11.5. The standard InChI is InChI=1S/C22H26ClN3O2S.ClH/c1-4-25(5-2)12-13-26(21(27)15-28-19-9-7-6-8-16(19)3)22-24-18-11-10-17(23)14-20(18)29-22;/h6-11,14H,4-5,12-13,15H2,1-3H3;1H. The van der Waals surface area contributed by atoms with Crippen molar-refractivity contribution in [3.63, 3.8) is 0 Å². The Morgan fingerprint density at radius 2 is 1.87 bits per heavy atom. The average Bonchev–Trinajstić information content (AvgIpc) is 3.13. The van der Waals surface area contributed by atoms with Crippen LogP contribution >= 0.6 is 35.3 Å². The highest BCUT2D eigenvalue weighted by atomic mass is 35.5. The van der Waals surface area contributed by atoms with Crippen LogP contribution in [0.2, 0.25) is 5.02 Å². The van der Waals surface area contributed by atoms with Crippen LogP contribution in [0.25, 0.3) is 10.2 Å². The minimum absolute atomic E-state index is 0. The van der Waals surface area contributed by atoms with Crippen molar-refractivity contribution < 1.29 is 9.53 Å². The molecule has 3 rings (SSSR count). The molecule has 0 unspecified atom stereocenters. The number of carbonyl (C=O) groups excluding carboxylic acids is 1. The molecule has 0 aliphatic rings. The van der Waals surface area contributed by atoms with Gasteiger partial charge in [-0.05, 0) is 49.8 Å². The molecule has 0 spiro atoms. The Bertz CT molecular complexity index is 976. The number of ether oxygens (including phenoxy) is 1. The summed E-state index contributed by atoms with van der Waals surface area (Å²) in [5.74, 6) is 0.617. The quantitative estimate of drug-likeness (QED) is 0.420. The second-order valence-electron chi connectivity index (χ2n) is 6.73. The van der Waals surface area contributed by atoms with Gasteiger partial charge in [0.2, 0.25) is 0 Å². The Balaban J connectivity index is 0.00000320. The number of hydrogen-bond acceptors (Lipinski definition) is 5. The first-order valence-electron chi connectivity index (χ1n) is 9.79. The maximum absolute atomic E-state index is 13.1. The Hall–Kier alpha value is -1.86. The van der Waals surface area contributed by atoms with Gasteiger partial charge in [0.05, 0.1) is 10.2 Å². The Kier molecular flexibility index (Phi) is 9.37. The van der Waals surface area contributed by atoms with E-state index in [2.05, 4.69) is 23.7 Å². The van der Waals surface area contributed by atoms with Crippen LogP contribution in [0.4, 0.5) is 5.13 Å². The van der Waals surface area contributed by atoms with Gasteiger partial charge in [-0.25, -0.2) is 4.98 Å². The highest BCUT2D eigenvalue weighted by molar-refractivity contribution is 7.22. The van der Waals surface area contributed by atoms with Crippen LogP contribution in [-0.4, -0.2) is 48.6 Å². The lowest BCUT2D eigenvalue weighted by atomic mass is 10.2. The molecule has 8 heteroatoms. The number of benzene rings is 2. The second-order valence-corrected chi connectivity index (χ2v) is 8.18. The molecule has 1 heterocycles. The number of nitrogens with zero attached hydrogens (tertiary/aromatic N) is 3. The lowest BCUT2D eigenvalue weighted by Crippen LogP contribution is -2.41. The molecule has 0 radical (unpaired) electrons. The van der Waals surface area contributed by atoms with Gasteiger partial charge in [-0.1, -0.05) is 55.0 Å². The number of aromatic nitrogens is 1. The molecule has 30 heavy (non-hydrogen) atoms. The van der Waals surface area contributed by atoms with Crippen LogP contribution in [0.1, 0.15) is 19.4 Å². The van der Waals surface area contributed by atoms with Crippen molar-refractivity contribution in [2.75, 3.05) is 37.7 Å². The molecule has 1 aromatic heterocycles. The number of rotatable bonds is 9. The minimum atomic E-state index is -0.106. The van der Waals surface area contributed by atoms with Crippen molar-refractivity contribution in [3.8, 4) is 5.75 Å². The van der Waals surface area contributed by atoms with E-state index in [1.54, 1.807) is 4.90 Å². The van der Waals surface area contributed by atoms with Gasteiger partial charge in [0.1, 0.15) is 5.75 Å². The van der Waals surface area contributed by atoms with Crippen molar-refractivity contribution in [2.45, 2.75) is 20.8 Å². The summed E-state index contributed by atoms with van der Waals surface area (Å²) >= 11 is 7.59. The van der Waals surface area contributed by atoms with Gasteiger partial charge in [0.25, 0.3) is 5.91 Å². The molecule has 162 valence electrons. The molecule has 5 nitrogen and oxygen atoms in total. The number of hydrogen-bond donors (Lipinski definition) is 0. The summed E-state index contributed by atoms with van der Waals surface area (Å²) in [5.41, 5.74) is 1.85. The molecule has 2 aromatic carbocycles. The topological polar surface area (TPSA) is 45.7 Å². The molecule has 0 atom stereocenters. The van der Waals surface area contributed by atoms with E-state index >= 15 is 0 Å². The fourth-order valence-electron chi connectivity index (χ4n) is 3.05. The number of halogens is 2. The number of para-hydroxylation sites is 1. The highest BCUT2D eigenvalue weighted by Gasteiger charge is 2.21. The fraction of sp³-hybridized carbons (Fsp3) is 0.364. The SMILES string of the molecule is CCN(CC)CCN(C(=O)COc1ccccc1C)c1nc2ccc(Cl)cc2s1.Cl. The number of thiazole rings is 1. The molecule has 3 aromatic rings. The third kappa shape index (κ3) is 6.08. The number of fused-ring (bicyclic) bond motifs is 1. The Morgan fingerprint density at radius 3 is 2.57 bits per heavy atom. The third-order valence-corrected chi connectivity index (χ3v) is 6.13. The molecule has 0 fully saturated rings. The third-order valence-electron chi connectivity index (χ3n) is 4.85. The zero-order chi connectivity index (χ0) is 20.8. The predicted molar refractivity (Wildman–Crippen MR) is 129 cm³/mol. The van der Waals surface area contributed by atoms with E-state index < -0.39 is 0 Å². The first-order valence-corrected chi connectivity index (χ1v) is 11.0. The Morgan fingerprint density at radius 1 is 1.13 bits per heavy atom. The molecule has 0 saturated carbocycles. The molecule has 0 N–H and O–H groups in total. The van der Waals surface area contributed by atoms with E-state index in [1.165, 1.54) is 11.3 Å². The summed E-state index contributed by atoms with van der Waals surface area (Å²) in [6.07, 6.45) is 0. The molecular weight excluding hydrogens is 441 g/mol. The highest BCUT2D eigenvalue weighted by Crippen LogP contribution is 2.31. The molecular formula is C22H27Cl2N3O2S. The summed E-state index contributed by atoms with van der Waals surface area (Å²) in [6.45, 7) is 9.40. The van der Waals surface area contributed by atoms with Crippen LogP contribution in [-0.2, 0) is 4.79 Å². The summed E-state index contributed by atoms with van der Waals surface area (Å²) in [5, 5.41) is 1.34. The monoisotopic (exact) mass is 467 g/mol. The van der Waals surface area contributed by atoms with Crippen molar-refractivity contribution in [1.82, 2.24) is 9.88 Å². The number of anilines is 1. The molecule has 0 aliphatic heterocycles. The van der Waals surface area contributed by atoms with Gasteiger partial charge in [0.15, 0.2) is 11.7 Å². The van der Waals surface area contributed by atoms with Crippen molar-refractivity contribution in [3.05, 3.63) is 53.1 Å². The fourth-order valence-corrected chi connectivity index (χ4v) is 4.33. The van der Waals surface area contributed by atoms with Crippen molar-refractivity contribution in [1.29, 1.82) is 0 Å². The summed E-state index contributed by atoms with van der Waals surface area (Å²) in [4.78, 5) is 21.8. The van der Waals surface area contributed by atoms with Crippen LogP contribution < -0.4 is 9.64 Å². The predicted octanol–water partition coefficient (Wildman–Crippen LogP) is 5.43. The van der Waals surface area contributed by atoms with E-state index in [4.69, 9.17) is 16.3 Å². The summed E-state index contributed by atoms with van der Waals surface area (Å²) in [7, 11) is 0. The van der Waals surface area contributed by atoms with Crippen molar-refractivity contribution >= 4 is 56.6 Å². The van der Waals surface area contributed by atoms with Gasteiger partial charge in [-0.2, -0.15) is 0 Å². The van der Waals surface area contributed by atoms with E-state index in [1.807, 2.05) is 49.4 Å². The first kappa shape index (κ1) is 24.4. The van der Waals surface area contributed by atoms with E-state index in [9.17, 15) is 4.79 Å². The lowest BCUT2D eigenvalue weighted by molar-refractivity contribution is -0.120. The van der Waals surface area contributed by atoms with Crippen LogP contribution in [0.15, 0.2) is 42.5 Å². The van der Waals surface area contributed by atoms with Crippen LogP contribution in [0.3, 0.4) is 0 Å². The average molecular weight is 468 g/mol. The van der Waals surface area contributed by atoms with E-state index in [-0.39, 0.29) is 24.9 Å². The number of carbonyl (C=O) groups is 1. The zero-order valence-corrected chi connectivity index (χ0v) is 19.8. The molecule has 0 saturated heterocycles. The van der Waals surface area contributed by atoms with Gasteiger partial charge < -0.3 is 9.64 Å².